The summed E-state index contributed by atoms with van der Waals surface area (Å²) in [5.74, 6) is -1.93. The summed E-state index contributed by atoms with van der Waals surface area (Å²) >= 11 is 0. The van der Waals surface area contributed by atoms with E-state index in [4.69, 9.17) is 9.47 Å². The number of hydrogen-bond donors (Lipinski definition) is 0. The summed E-state index contributed by atoms with van der Waals surface area (Å²) in [6.07, 6.45) is 2.59. The Hall–Kier alpha value is -4.39. The number of carbonyl (C=O) groups excluding carboxylic acids is 3. The van der Waals surface area contributed by atoms with Gasteiger partial charge in [-0.3, -0.25) is 9.59 Å². The predicted molar refractivity (Wildman–Crippen MR) is 142 cm³/mol. The van der Waals surface area contributed by atoms with Crippen LogP contribution in [0, 0.1) is 11.8 Å². The van der Waals surface area contributed by atoms with E-state index in [1.165, 1.54) is 4.90 Å². The Bertz CT molecular complexity index is 1430. The van der Waals surface area contributed by atoms with Crippen LogP contribution >= 0.6 is 0 Å². The molecule has 2 amide bonds. The first-order valence-corrected chi connectivity index (χ1v) is 12.8. The molecule has 0 aliphatic carbocycles. The Morgan fingerprint density at radius 1 is 0.868 bits per heavy atom. The highest BCUT2D eigenvalue weighted by Gasteiger charge is 2.66. The standard InChI is InChI=1S/C31H28N2O5/c1-3-38-31(36)28-26-25(29(34)33(30(26)35)21-10-5-4-6-11-21)27-24-12-8-7-9-20(24)18-22(32(27)28)17-19-13-15-23(37-2)16-14-19/h4-16,18,25-28H,3,17H2,1-2H3/t25-,26+,27-,28+/m1/s1. The van der Waals surface area contributed by atoms with E-state index in [9.17, 15) is 14.4 Å². The fourth-order valence-electron chi connectivity index (χ4n) is 6.18. The lowest BCUT2D eigenvalue weighted by molar-refractivity contribution is -0.151. The molecule has 0 unspecified atom stereocenters. The van der Waals surface area contributed by atoms with Crippen molar-refractivity contribution < 1.29 is 23.9 Å². The number of esters is 1. The van der Waals surface area contributed by atoms with Gasteiger partial charge in [0.05, 0.1) is 37.3 Å². The first kappa shape index (κ1) is 24.0. The van der Waals surface area contributed by atoms with E-state index < -0.39 is 29.9 Å². The van der Waals surface area contributed by atoms with Crippen LogP contribution in [0.5, 0.6) is 5.75 Å². The number of imide groups is 1. The first-order chi connectivity index (χ1) is 18.5. The molecule has 38 heavy (non-hydrogen) atoms. The number of fused-ring (bicyclic) bond motifs is 5. The van der Waals surface area contributed by atoms with Crippen molar-refractivity contribution >= 4 is 29.5 Å². The van der Waals surface area contributed by atoms with E-state index in [-0.39, 0.29) is 18.4 Å². The average Bonchev–Trinajstić information content (AvgIpc) is 3.43. The number of hydrogen-bond acceptors (Lipinski definition) is 6. The normalized spacial score (nSPS) is 23.5. The molecule has 7 nitrogen and oxygen atoms in total. The lowest BCUT2D eigenvalue weighted by Gasteiger charge is -2.39. The average molecular weight is 509 g/mol. The van der Waals surface area contributed by atoms with Crippen molar-refractivity contribution in [3.63, 3.8) is 0 Å². The van der Waals surface area contributed by atoms with Crippen LogP contribution in [-0.2, 0) is 25.5 Å². The van der Waals surface area contributed by atoms with Gasteiger partial charge in [0.1, 0.15) is 11.8 Å². The zero-order valence-corrected chi connectivity index (χ0v) is 21.2. The number of nitrogens with zero attached hydrogens (tertiary/aromatic N) is 2. The molecule has 6 rings (SSSR count). The van der Waals surface area contributed by atoms with Crippen molar-refractivity contribution in [2.75, 3.05) is 18.6 Å². The van der Waals surface area contributed by atoms with Crippen molar-refractivity contribution in [2.45, 2.75) is 25.4 Å². The minimum Gasteiger partial charge on any atom is -0.497 e. The molecule has 0 bridgehead atoms. The summed E-state index contributed by atoms with van der Waals surface area (Å²) in [6.45, 7) is 1.93. The third-order valence-electron chi connectivity index (χ3n) is 7.73. The molecule has 0 N–H and O–H groups in total. The lowest BCUT2D eigenvalue weighted by Crippen LogP contribution is -2.47. The number of allylic oxidation sites excluding steroid dienone is 1. The van der Waals surface area contributed by atoms with Gasteiger partial charge in [-0.05, 0) is 54.0 Å². The van der Waals surface area contributed by atoms with Gasteiger partial charge in [0.2, 0.25) is 11.8 Å². The van der Waals surface area contributed by atoms with Crippen molar-refractivity contribution in [1.29, 1.82) is 0 Å². The topological polar surface area (TPSA) is 76.2 Å². The van der Waals surface area contributed by atoms with E-state index in [2.05, 4.69) is 6.08 Å². The van der Waals surface area contributed by atoms with E-state index >= 15 is 0 Å². The zero-order chi connectivity index (χ0) is 26.4. The lowest BCUT2D eigenvalue weighted by atomic mass is 9.84. The van der Waals surface area contributed by atoms with Gasteiger partial charge in [-0.25, -0.2) is 9.69 Å². The Morgan fingerprint density at radius 2 is 1.55 bits per heavy atom. The summed E-state index contributed by atoms with van der Waals surface area (Å²) in [5.41, 5.74) is 4.34. The minimum atomic E-state index is -0.909. The number of carbonyl (C=O) groups is 3. The third kappa shape index (κ3) is 3.69. The van der Waals surface area contributed by atoms with Crippen LogP contribution in [0.4, 0.5) is 5.69 Å². The molecule has 0 aromatic heterocycles. The summed E-state index contributed by atoms with van der Waals surface area (Å²) in [6, 6.07) is 23.2. The molecule has 3 aromatic carbocycles. The molecule has 2 fully saturated rings. The fourth-order valence-corrected chi connectivity index (χ4v) is 6.18. The maximum absolute atomic E-state index is 14.0. The van der Waals surface area contributed by atoms with Crippen LogP contribution < -0.4 is 9.64 Å². The van der Waals surface area contributed by atoms with Crippen molar-refractivity contribution in [3.05, 3.63) is 101 Å². The van der Waals surface area contributed by atoms with Crippen LogP contribution in [0.3, 0.4) is 0 Å². The highest BCUT2D eigenvalue weighted by Crippen LogP contribution is 2.55. The Morgan fingerprint density at radius 3 is 2.26 bits per heavy atom. The van der Waals surface area contributed by atoms with Gasteiger partial charge in [0, 0.05) is 12.1 Å². The molecule has 4 atom stereocenters. The molecule has 3 aliphatic heterocycles. The molecule has 3 aliphatic rings. The van der Waals surface area contributed by atoms with Gasteiger partial charge < -0.3 is 14.4 Å². The second-order valence-corrected chi connectivity index (χ2v) is 9.74. The third-order valence-corrected chi connectivity index (χ3v) is 7.73. The molecule has 192 valence electrons. The van der Waals surface area contributed by atoms with Crippen LogP contribution in [0.15, 0.2) is 84.6 Å². The van der Waals surface area contributed by atoms with Crippen molar-refractivity contribution in [2.24, 2.45) is 11.8 Å². The van der Waals surface area contributed by atoms with Crippen LogP contribution in [0.2, 0.25) is 0 Å². The van der Waals surface area contributed by atoms with Gasteiger partial charge in [0.25, 0.3) is 0 Å². The molecule has 0 radical (unpaired) electrons. The van der Waals surface area contributed by atoms with Gasteiger partial charge >= 0.3 is 5.97 Å². The monoisotopic (exact) mass is 508 g/mol. The maximum Gasteiger partial charge on any atom is 0.329 e. The van der Waals surface area contributed by atoms with E-state index in [1.54, 1.807) is 38.3 Å². The molecule has 0 spiro atoms. The zero-order valence-electron chi connectivity index (χ0n) is 21.2. The first-order valence-electron chi connectivity index (χ1n) is 12.8. The molecule has 0 saturated carbocycles. The van der Waals surface area contributed by atoms with Crippen LogP contribution in [0.1, 0.15) is 29.7 Å². The molecular weight excluding hydrogens is 480 g/mol. The van der Waals surface area contributed by atoms with Gasteiger partial charge in [-0.15, -0.1) is 0 Å². The van der Waals surface area contributed by atoms with E-state index in [0.29, 0.717) is 12.1 Å². The van der Waals surface area contributed by atoms with Crippen LogP contribution in [-0.4, -0.2) is 42.4 Å². The van der Waals surface area contributed by atoms with Crippen LogP contribution in [0.25, 0.3) is 6.08 Å². The number of para-hydroxylation sites is 1. The Labute approximate surface area is 221 Å². The van der Waals surface area contributed by atoms with Gasteiger partial charge in [0.15, 0.2) is 0 Å². The number of ether oxygens (including phenoxy) is 2. The highest BCUT2D eigenvalue weighted by molar-refractivity contribution is 6.24. The highest BCUT2D eigenvalue weighted by atomic mass is 16.5. The second-order valence-electron chi connectivity index (χ2n) is 9.74. The predicted octanol–water partition coefficient (Wildman–Crippen LogP) is 4.39. The summed E-state index contributed by atoms with van der Waals surface area (Å²) in [5, 5.41) is 0. The molecule has 2 saturated heterocycles. The molecular formula is C31H28N2O5. The largest absolute Gasteiger partial charge is 0.497 e. The molecule has 3 heterocycles. The second kappa shape index (κ2) is 9.49. The van der Waals surface area contributed by atoms with E-state index in [0.717, 1.165) is 28.1 Å². The summed E-state index contributed by atoms with van der Waals surface area (Å²) in [4.78, 5) is 44.7. The summed E-state index contributed by atoms with van der Waals surface area (Å²) < 4.78 is 10.8. The number of rotatable bonds is 6. The Kier molecular flexibility index (Phi) is 5.98. The van der Waals surface area contributed by atoms with Crippen molar-refractivity contribution in [1.82, 2.24) is 4.90 Å². The fraction of sp³-hybridized carbons (Fsp3) is 0.258. The minimum absolute atomic E-state index is 0.184. The number of methoxy groups -OCH3 is 1. The van der Waals surface area contributed by atoms with E-state index in [1.807, 2.05) is 59.5 Å². The summed E-state index contributed by atoms with van der Waals surface area (Å²) in [7, 11) is 1.62. The smallest absolute Gasteiger partial charge is 0.329 e. The quantitative estimate of drug-likeness (QED) is 0.363. The number of anilines is 1. The maximum atomic E-state index is 14.0. The SMILES string of the molecule is CCOC(=O)[C@@H]1[C@H]2C(=O)N(c3ccccc3)C(=O)[C@H]2[C@H]2c3ccccc3C=C(Cc3ccc(OC)cc3)N12. The van der Waals surface area contributed by atoms with Crippen molar-refractivity contribution in [3.8, 4) is 5.75 Å². The van der Waals surface area contributed by atoms with Gasteiger partial charge in [-0.2, -0.15) is 0 Å². The molecule has 7 heteroatoms. The Balaban J connectivity index is 1.48. The molecule has 3 aromatic rings. The van der Waals surface area contributed by atoms with Gasteiger partial charge in [-0.1, -0.05) is 54.6 Å². The number of benzene rings is 3. The number of amides is 2.